The number of halogens is 1. The van der Waals surface area contributed by atoms with E-state index in [0.717, 1.165) is 42.8 Å². The number of aliphatic hydroxyl groups excluding tert-OH is 1. The van der Waals surface area contributed by atoms with Crippen molar-refractivity contribution in [1.82, 2.24) is 4.90 Å². The topological polar surface area (TPSA) is 32.7 Å². The van der Waals surface area contributed by atoms with Crippen molar-refractivity contribution in [1.29, 1.82) is 0 Å². The summed E-state index contributed by atoms with van der Waals surface area (Å²) in [6.45, 7) is 4.11. The maximum atomic E-state index is 9.99. The largest absolute Gasteiger partial charge is 0.391 e. The molecule has 0 aromatic heterocycles. The number of morpholine rings is 1. The number of hydrogen-bond donors (Lipinski definition) is 1. The zero-order valence-corrected chi connectivity index (χ0v) is 11.8. The molecule has 1 fully saturated rings. The fourth-order valence-electron chi connectivity index (χ4n) is 1.86. The van der Waals surface area contributed by atoms with E-state index in [-0.39, 0.29) is 6.10 Å². The molecule has 3 nitrogen and oxygen atoms in total. The number of benzene rings is 1. The molecular formula is C13H18ClNO2S. The van der Waals surface area contributed by atoms with Gasteiger partial charge in [0.2, 0.25) is 0 Å². The molecule has 100 valence electrons. The van der Waals surface area contributed by atoms with Crippen molar-refractivity contribution in [2.45, 2.75) is 11.0 Å². The summed E-state index contributed by atoms with van der Waals surface area (Å²) in [5.74, 6) is 0.707. The van der Waals surface area contributed by atoms with E-state index >= 15 is 0 Å². The lowest BCUT2D eigenvalue weighted by Crippen LogP contribution is -2.41. The number of rotatable bonds is 5. The van der Waals surface area contributed by atoms with Crippen molar-refractivity contribution >= 4 is 23.4 Å². The monoisotopic (exact) mass is 287 g/mol. The van der Waals surface area contributed by atoms with Crippen LogP contribution in [0, 0.1) is 0 Å². The third-order valence-electron chi connectivity index (χ3n) is 2.83. The summed E-state index contributed by atoms with van der Waals surface area (Å²) in [5.41, 5.74) is 0. The molecule has 1 saturated heterocycles. The average Bonchev–Trinajstić information content (AvgIpc) is 2.39. The molecular weight excluding hydrogens is 270 g/mol. The molecule has 1 atom stereocenters. The van der Waals surface area contributed by atoms with Crippen LogP contribution in [0.15, 0.2) is 29.2 Å². The van der Waals surface area contributed by atoms with E-state index in [1.54, 1.807) is 11.8 Å². The molecule has 1 aliphatic heterocycles. The molecule has 0 radical (unpaired) electrons. The highest BCUT2D eigenvalue weighted by Gasteiger charge is 2.14. The van der Waals surface area contributed by atoms with Gasteiger partial charge in [0, 0.05) is 35.3 Å². The Morgan fingerprint density at radius 2 is 1.94 bits per heavy atom. The minimum Gasteiger partial charge on any atom is -0.391 e. The quantitative estimate of drug-likeness (QED) is 0.841. The lowest BCUT2D eigenvalue weighted by molar-refractivity contribution is 0.0188. The number of hydrogen-bond acceptors (Lipinski definition) is 4. The molecule has 1 N–H and O–H groups in total. The van der Waals surface area contributed by atoms with Gasteiger partial charge in [0.05, 0.1) is 19.3 Å². The average molecular weight is 288 g/mol. The molecule has 18 heavy (non-hydrogen) atoms. The van der Waals surface area contributed by atoms with Crippen molar-refractivity contribution in [3.05, 3.63) is 29.3 Å². The second-order valence-corrected chi connectivity index (χ2v) is 5.86. The lowest BCUT2D eigenvalue weighted by Gasteiger charge is -2.28. The maximum Gasteiger partial charge on any atom is 0.0760 e. The Balaban J connectivity index is 1.70. The second-order valence-electron chi connectivity index (χ2n) is 4.33. The van der Waals surface area contributed by atoms with Gasteiger partial charge in [-0.2, -0.15) is 0 Å². The van der Waals surface area contributed by atoms with Crippen LogP contribution in [0.4, 0.5) is 0 Å². The maximum absolute atomic E-state index is 9.99. The molecule has 0 aliphatic carbocycles. The summed E-state index contributed by atoms with van der Waals surface area (Å²) < 4.78 is 5.28. The van der Waals surface area contributed by atoms with E-state index in [0.29, 0.717) is 5.75 Å². The number of β-amino-alcohol motifs (C(OH)–C–C–N with tert-alkyl or cyclic N) is 1. The van der Waals surface area contributed by atoms with Crippen molar-refractivity contribution in [3.8, 4) is 0 Å². The van der Waals surface area contributed by atoms with Crippen LogP contribution in [-0.2, 0) is 4.74 Å². The van der Waals surface area contributed by atoms with E-state index in [2.05, 4.69) is 4.90 Å². The van der Waals surface area contributed by atoms with Crippen molar-refractivity contribution in [2.75, 3.05) is 38.6 Å². The smallest absolute Gasteiger partial charge is 0.0760 e. The molecule has 2 rings (SSSR count). The summed E-state index contributed by atoms with van der Waals surface area (Å²) in [4.78, 5) is 3.39. The normalized spacial score (nSPS) is 18.8. The Kier molecular flexibility index (Phi) is 5.79. The number of aliphatic hydroxyl groups is 1. The fourth-order valence-corrected chi connectivity index (χ4v) is 2.80. The third-order valence-corrected chi connectivity index (χ3v) is 4.24. The second kappa shape index (κ2) is 7.36. The minimum atomic E-state index is -0.302. The Labute approximate surface area is 117 Å². The van der Waals surface area contributed by atoms with Crippen LogP contribution in [0.25, 0.3) is 0 Å². The standard InChI is InChI=1S/C13H18ClNO2S/c14-11-1-3-13(4-2-11)18-10-12(16)9-15-5-7-17-8-6-15/h1-4,12,16H,5-10H2/t12-/m0/s1. The van der Waals surface area contributed by atoms with Gasteiger partial charge in [-0.05, 0) is 24.3 Å². The van der Waals surface area contributed by atoms with Crippen LogP contribution in [-0.4, -0.2) is 54.7 Å². The van der Waals surface area contributed by atoms with Gasteiger partial charge < -0.3 is 9.84 Å². The van der Waals surface area contributed by atoms with Crippen LogP contribution in [0.5, 0.6) is 0 Å². The summed E-state index contributed by atoms with van der Waals surface area (Å²) in [6, 6.07) is 7.71. The van der Waals surface area contributed by atoms with Gasteiger partial charge in [-0.25, -0.2) is 0 Å². The molecule has 0 bridgehead atoms. The predicted octanol–water partition coefficient (Wildman–Crippen LogP) is 2.13. The van der Waals surface area contributed by atoms with E-state index in [9.17, 15) is 5.11 Å². The molecule has 0 amide bonds. The van der Waals surface area contributed by atoms with Crippen LogP contribution in [0.1, 0.15) is 0 Å². The molecule has 1 aliphatic rings. The predicted molar refractivity (Wildman–Crippen MR) is 75.4 cm³/mol. The van der Waals surface area contributed by atoms with Crippen molar-refractivity contribution < 1.29 is 9.84 Å². The Morgan fingerprint density at radius 1 is 1.28 bits per heavy atom. The first-order chi connectivity index (χ1) is 8.74. The summed E-state index contributed by atoms with van der Waals surface area (Å²) in [6.07, 6.45) is -0.302. The Hall–Kier alpha value is -0.260. The van der Waals surface area contributed by atoms with E-state index in [4.69, 9.17) is 16.3 Å². The molecule has 1 aromatic rings. The highest BCUT2D eigenvalue weighted by molar-refractivity contribution is 7.99. The molecule has 0 saturated carbocycles. The van der Waals surface area contributed by atoms with Crippen LogP contribution in [0.2, 0.25) is 5.02 Å². The van der Waals surface area contributed by atoms with Gasteiger partial charge in [-0.1, -0.05) is 11.6 Å². The van der Waals surface area contributed by atoms with E-state index in [1.165, 1.54) is 0 Å². The first-order valence-electron chi connectivity index (χ1n) is 6.10. The first kappa shape index (κ1) is 14.2. The Morgan fingerprint density at radius 3 is 2.61 bits per heavy atom. The molecule has 0 spiro atoms. The van der Waals surface area contributed by atoms with Gasteiger partial charge in [0.25, 0.3) is 0 Å². The van der Waals surface area contributed by atoms with Gasteiger partial charge in [-0.3, -0.25) is 4.90 Å². The highest BCUT2D eigenvalue weighted by Crippen LogP contribution is 2.21. The zero-order valence-electron chi connectivity index (χ0n) is 10.2. The summed E-state index contributed by atoms with van der Waals surface area (Å²) in [7, 11) is 0. The molecule has 0 unspecified atom stereocenters. The Bertz CT molecular complexity index is 355. The molecule has 1 aromatic carbocycles. The SMILES string of the molecule is O[C@H](CSc1ccc(Cl)cc1)CN1CCOCC1. The number of nitrogens with zero attached hydrogens (tertiary/aromatic N) is 1. The van der Waals surface area contributed by atoms with Crippen molar-refractivity contribution in [3.63, 3.8) is 0 Å². The van der Waals surface area contributed by atoms with Crippen molar-refractivity contribution in [2.24, 2.45) is 0 Å². The van der Waals surface area contributed by atoms with E-state index in [1.807, 2.05) is 24.3 Å². The zero-order chi connectivity index (χ0) is 12.8. The number of thioether (sulfide) groups is 1. The third kappa shape index (κ3) is 4.78. The summed E-state index contributed by atoms with van der Waals surface area (Å²) in [5, 5.41) is 10.7. The first-order valence-corrected chi connectivity index (χ1v) is 7.47. The lowest BCUT2D eigenvalue weighted by atomic mass is 10.3. The van der Waals surface area contributed by atoms with Crippen LogP contribution < -0.4 is 0 Å². The molecule has 1 heterocycles. The van der Waals surface area contributed by atoms with Gasteiger partial charge in [0.15, 0.2) is 0 Å². The highest BCUT2D eigenvalue weighted by atomic mass is 35.5. The van der Waals surface area contributed by atoms with Gasteiger partial charge >= 0.3 is 0 Å². The van der Waals surface area contributed by atoms with Gasteiger partial charge in [-0.15, -0.1) is 11.8 Å². The molecule has 5 heteroatoms. The van der Waals surface area contributed by atoms with E-state index < -0.39 is 0 Å². The number of ether oxygens (including phenoxy) is 1. The fraction of sp³-hybridized carbons (Fsp3) is 0.538. The van der Waals surface area contributed by atoms with Crippen LogP contribution >= 0.6 is 23.4 Å². The summed E-state index contributed by atoms with van der Waals surface area (Å²) >= 11 is 7.49. The van der Waals surface area contributed by atoms with Crippen LogP contribution in [0.3, 0.4) is 0 Å². The minimum absolute atomic E-state index is 0.302. The van der Waals surface area contributed by atoms with Gasteiger partial charge in [0.1, 0.15) is 0 Å².